The third kappa shape index (κ3) is 4.68. The average Bonchev–Trinajstić information content (AvgIpc) is 2.91. The SMILES string of the molecule is Cc1cc(OC[C@H](O)C[NH2+]C2CCCC2)ccc1Cl. The molecule has 1 saturated carbocycles. The van der Waals surface area contributed by atoms with E-state index in [1.165, 1.54) is 25.7 Å². The zero-order valence-electron chi connectivity index (χ0n) is 11.4. The number of aryl methyl sites for hydroxylation is 1. The molecule has 19 heavy (non-hydrogen) atoms. The van der Waals surface area contributed by atoms with Crippen molar-refractivity contribution in [3.05, 3.63) is 28.8 Å². The summed E-state index contributed by atoms with van der Waals surface area (Å²) in [5.74, 6) is 0.766. The molecule has 0 spiro atoms. The van der Waals surface area contributed by atoms with Crippen molar-refractivity contribution in [1.82, 2.24) is 0 Å². The molecule has 2 rings (SSSR count). The van der Waals surface area contributed by atoms with Gasteiger partial charge < -0.3 is 15.2 Å². The number of ether oxygens (including phenoxy) is 1. The number of aliphatic hydroxyl groups excluding tert-OH is 1. The van der Waals surface area contributed by atoms with Crippen LogP contribution >= 0.6 is 11.6 Å². The Morgan fingerprint density at radius 2 is 2.16 bits per heavy atom. The standard InChI is InChI=1S/C15H22ClNO2/c1-11-8-14(6-7-15(11)16)19-10-13(18)9-17-12-4-2-3-5-12/h6-8,12-13,17-18H,2-5,9-10H2,1H3/p+1/t13-/m1/s1. The number of hydrogen-bond donors (Lipinski definition) is 2. The van der Waals surface area contributed by atoms with Gasteiger partial charge in [0, 0.05) is 5.02 Å². The molecule has 0 unspecified atom stereocenters. The Morgan fingerprint density at radius 1 is 1.42 bits per heavy atom. The second-order valence-corrected chi connectivity index (χ2v) is 5.80. The molecule has 1 aromatic carbocycles. The van der Waals surface area contributed by atoms with Gasteiger partial charge in [-0.15, -0.1) is 0 Å². The van der Waals surface area contributed by atoms with E-state index in [1.807, 2.05) is 25.1 Å². The number of quaternary nitrogens is 1. The van der Waals surface area contributed by atoms with Gasteiger partial charge >= 0.3 is 0 Å². The fourth-order valence-electron chi connectivity index (χ4n) is 2.51. The molecule has 4 heteroatoms. The smallest absolute Gasteiger partial charge is 0.137 e. The highest BCUT2D eigenvalue weighted by Gasteiger charge is 2.19. The molecule has 106 valence electrons. The monoisotopic (exact) mass is 284 g/mol. The minimum atomic E-state index is -0.420. The van der Waals surface area contributed by atoms with Crippen LogP contribution in [0.5, 0.6) is 5.75 Å². The minimum absolute atomic E-state index is 0.338. The number of nitrogens with two attached hydrogens (primary N) is 1. The molecule has 1 aliphatic rings. The predicted molar refractivity (Wildman–Crippen MR) is 76.7 cm³/mol. The van der Waals surface area contributed by atoms with E-state index in [9.17, 15) is 5.11 Å². The molecule has 0 saturated heterocycles. The van der Waals surface area contributed by atoms with Crippen molar-refractivity contribution in [3.8, 4) is 5.75 Å². The quantitative estimate of drug-likeness (QED) is 0.838. The van der Waals surface area contributed by atoms with E-state index in [-0.39, 0.29) is 0 Å². The van der Waals surface area contributed by atoms with Crippen LogP contribution in [0.3, 0.4) is 0 Å². The first-order valence-electron chi connectivity index (χ1n) is 7.05. The van der Waals surface area contributed by atoms with Crippen LogP contribution in [0.15, 0.2) is 18.2 Å². The molecule has 3 nitrogen and oxygen atoms in total. The molecule has 1 fully saturated rings. The highest BCUT2D eigenvalue weighted by atomic mass is 35.5. The summed E-state index contributed by atoms with van der Waals surface area (Å²) in [5, 5.41) is 12.9. The van der Waals surface area contributed by atoms with Crippen LogP contribution in [0.25, 0.3) is 0 Å². The fourth-order valence-corrected chi connectivity index (χ4v) is 2.63. The van der Waals surface area contributed by atoms with Crippen molar-refractivity contribution >= 4 is 11.6 Å². The van der Waals surface area contributed by atoms with Crippen LogP contribution in [0, 0.1) is 6.92 Å². The van der Waals surface area contributed by atoms with Crippen LogP contribution < -0.4 is 10.1 Å². The maximum absolute atomic E-state index is 9.91. The number of benzene rings is 1. The van der Waals surface area contributed by atoms with Gasteiger partial charge in [-0.1, -0.05) is 11.6 Å². The largest absolute Gasteiger partial charge is 0.491 e. The van der Waals surface area contributed by atoms with E-state index in [2.05, 4.69) is 5.32 Å². The van der Waals surface area contributed by atoms with Gasteiger partial charge in [0.05, 0.1) is 6.04 Å². The molecular weight excluding hydrogens is 262 g/mol. The van der Waals surface area contributed by atoms with Crippen molar-refractivity contribution in [3.63, 3.8) is 0 Å². The highest BCUT2D eigenvalue weighted by molar-refractivity contribution is 6.31. The molecule has 0 amide bonds. The van der Waals surface area contributed by atoms with Crippen LogP contribution in [0.2, 0.25) is 5.02 Å². The maximum Gasteiger partial charge on any atom is 0.137 e. The van der Waals surface area contributed by atoms with Crippen LogP contribution in [0.1, 0.15) is 31.2 Å². The number of aliphatic hydroxyl groups is 1. The highest BCUT2D eigenvalue weighted by Crippen LogP contribution is 2.21. The van der Waals surface area contributed by atoms with Gasteiger partial charge in [-0.25, -0.2) is 0 Å². The van der Waals surface area contributed by atoms with Gasteiger partial charge in [0.15, 0.2) is 0 Å². The summed E-state index contributed by atoms with van der Waals surface area (Å²) in [4.78, 5) is 0. The Morgan fingerprint density at radius 3 is 2.84 bits per heavy atom. The lowest BCUT2D eigenvalue weighted by molar-refractivity contribution is -0.693. The molecular formula is C15H23ClNO2+. The first-order chi connectivity index (χ1) is 9.15. The number of rotatable bonds is 6. The van der Waals surface area contributed by atoms with Crippen LogP contribution in [-0.2, 0) is 0 Å². The van der Waals surface area contributed by atoms with Crippen molar-refractivity contribution in [2.75, 3.05) is 13.2 Å². The first kappa shape index (κ1) is 14.6. The number of hydrogen-bond acceptors (Lipinski definition) is 2. The lowest BCUT2D eigenvalue weighted by atomic mass is 10.2. The van der Waals surface area contributed by atoms with Crippen molar-refractivity contribution < 1.29 is 15.2 Å². The van der Waals surface area contributed by atoms with Crippen molar-refractivity contribution in [2.24, 2.45) is 0 Å². The first-order valence-corrected chi connectivity index (χ1v) is 7.43. The Balaban J connectivity index is 1.70. The molecule has 3 N–H and O–H groups in total. The van der Waals surface area contributed by atoms with E-state index < -0.39 is 6.10 Å². The van der Waals surface area contributed by atoms with Crippen LogP contribution in [0.4, 0.5) is 0 Å². The molecule has 0 radical (unpaired) electrons. The normalized spacial score (nSPS) is 17.6. The molecule has 1 aliphatic carbocycles. The summed E-state index contributed by atoms with van der Waals surface area (Å²) in [7, 11) is 0. The summed E-state index contributed by atoms with van der Waals surface area (Å²) in [6, 6.07) is 6.26. The summed E-state index contributed by atoms with van der Waals surface area (Å²) >= 11 is 5.96. The zero-order valence-corrected chi connectivity index (χ0v) is 12.2. The fraction of sp³-hybridized carbons (Fsp3) is 0.600. The third-order valence-electron chi connectivity index (χ3n) is 3.71. The van der Waals surface area contributed by atoms with E-state index in [1.54, 1.807) is 0 Å². The number of halogens is 1. The molecule has 1 atom stereocenters. The van der Waals surface area contributed by atoms with Gasteiger partial charge in [0.1, 0.15) is 25.0 Å². The van der Waals surface area contributed by atoms with E-state index in [4.69, 9.17) is 16.3 Å². The topological polar surface area (TPSA) is 46.1 Å². The van der Waals surface area contributed by atoms with Gasteiger partial charge in [0.25, 0.3) is 0 Å². The van der Waals surface area contributed by atoms with Crippen LogP contribution in [-0.4, -0.2) is 30.4 Å². The molecule has 0 bridgehead atoms. The molecule has 0 heterocycles. The minimum Gasteiger partial charge on any atom is -0.491 e. The average molecular weight is 285 g/mol. The lowest BCUT2D eigenvalue weighted by Crippen LogP contribution is -2.91. The van der Waals surface area contributed by atoms with Gasteiger partial charge in [-0.05, 0) is 56.4 Å². The van der Waals surface area contributed by atoms with E-state index in [0.717, 1.165) is 22.9 Å². The van der Waals surface area contributed by atoms with Gasteiger partial charge in [0.2, 0.25) is 0 Å². The summed E-state index contributed by atoms with van der Waals surface area (Å²) in [6.45, 7) is 3.00. The molecule has 0 aliphatic heterocycles. The lowest BCUT2D eigenvalue weighted by Gasteiger charge is -2.14. The Bertz CT molecular complexity index is 405. The zero-order chi connectivity index (χ0) is 13.7. The third-order valence-corrected chi connectivity index (χ3v) is 4.14. The summed E-state index contributed by atoms with van der Waals surface area (Å²) in [6.07, 6.45) is 4.81. The summed E-state index contributed by atoms with van der Waals surface area (Å²) < 4.78 is 5.59. The maximum atomic E-state index is 9.91. The Hall–Kier alpha value is -0.770. The van der Waals surface area contributed by atoms with E-state index in [0.29, 0.717) is 12.6 Å². The Kier molecular flexibility index (Phi) is 5.49. The van der Waals surface area contributed by atoms with Gasteiger partial charge in [-0.2, -0.15) is 0 Å². The predicted octanol–water partition coefficient (Wildman–Crippen LogP) is 1.89. The van der Waals surface area contributed by atoms with E-state index >= 15 is 0 Å². The summed E-state index contributed by atoms with van der Waals surface area (Å²) in [5.41, 5.74) is 0.992. The Labute approximate surface area is 119 Å². The second kappa shape index (κ2) is 7.13. The second-order valence-electron chi connectivity index (χ2n) is 5.39. The van der Waals surface area contributed by atoms with Crippen molar-refractivity contribution in [2.45, 2.75) is 44.8 Å². The molecule has 1 aromatic rings. The van der Waals surface area contributed by atoms with Gasteiger partial charge in [-0.3, -0.25) is 0 Å². The molecule has 0 aromatic heterocycles. The van der Waals surface area contributed by atoms with Crippen molar-refractivity contribution in [1.29, 1.82) is 0 Å².